The van der Waals surface area contributed by atoms with Crippen molar-refractivity contribution in [3.05, 3.63) is 65.2 Å². The van der Waals surface area contributed by atoms with Gasteiger partial charge in [0, 0.05) is 12.0 Å². The number of amides is 3. The van der Waals surface area contributed by atoms with Gasteiger partial charge in [-0.2, -0.15) is 0 Å². The predicted octanol–water partition coefficient (Wildman–Crippen LogP) is 0.473. The van der Waals surface area contributed by atoms with Gasteiger partial charge in [0.1, 0.15) is 17.9 Å². The Labute approximate surface area is 162 Å². The molecule has 2 saturated heterocycles. The maximum Gasteiger partial charge on any atom is 0.291 e. The molecule has 1 spiro atoms. The Morgan fingerprint density at radius 1 is 0.964 bits per heavy atom. The molecular formula is C22H22N3O3+. The van der Waals surface area contributed by atoms with E-state index in [1.807, 2.05) is 60.8 Å². The fraction of sp³-hybridized carbons (Fsp3) is 0.318. The van der Waals surface area contributed by atoms with Gasteiger partial charge in [0.2, 0.25) is 17.4 Å². The largest absolute Gasteiger partial charge is 0.326 e. The second kappa shape index (κ2) is 6.01. The van der Waals surface area contributed by atoms with Gasteiger partial charge >= 0.3 is 0 Å². The van der Waals surface area contributed by atoms with Crippen molar-refractivity contribution in [3.8, 4) is 0 Å². The van der Waals surface area contributed by atoms with E-state index in [0.717, 1.165) is 28.8 Å². The fourth-order valence-electron chi connectivity index (χ4n) is 5.35. The highest BCUT2D eigenvalue weighted by Crippen LogP contribution is 2.48. The highest BCUT2D eigenvalue weighted by Gasteiger charge is 2.72. The van der Waals surface area contributed by atoms with Crippen molar-refractivity contribution < 1.29 is 19.7 Å². The van der Waals surface area contributed by atoms with E-state index in [1.54, 1.807) is 0 Å². The quantitative estimate of drug-likeness (QED) is 0.680. The van der Waals surface area contributed by atoms with E-state index in [-0.39, 0.29) is 23.8 Å². The number of rotatable bonds is 3. The van der Waals surface area contributed by atoms with Crippen LogP contribution in [0.15, 0.2) is 48.5 Å². The number of quaternary nitrogens is 1. The van der Waals surface area contributed by atoms with E-state index in [0.29, 0.717) is 6.42 Å². The number of fused-ring (bicyclic) bond motifs is 4. The number of imide groups is 1. The molecule has 0 saturated carbocycles. The minimum Gasteiger partial charge on any atom is -0.326 e. The molecule has 4 N–H and O–H groups in total. The van der Waals surface area contributed by atoms with Crippen molar-refractivity contribution >= 4 is 23.4 Å². The minimum atomic E-state index is -1.08. The third-order valence-electron chi connectivity index (χ3n) is 6.53. The Kier molecular flexibility index (Phi) is 3.67. The second-order valence-corrected chi connectivity index (χ2v) is 7.89. The number of nitrogens with two attached hydrogens (primary N) is 1. The highest BCUT2D eigenvalue weighted by molar-refractivity contribution is 6.14. The Bertz CT molecular complexity index is 1000. The van der Waals surface area contributed by atoms with E-state index >= 15 is 0 Å². The van der Waals surface area contributed by atoms with Crippen LogP contribution in [0.1, 0.15) is 23.6 Å². The number of nitrogens with one attached hydrogen (secondary N) is 2. The van der Waals surface area contributed by atoms with Gasteiger partial charge in [-0.3, -0.25) is 19.7 Å². The Morgan fingerprint density at radius 2 is 1.75 bits per heavy atom. The lowest BCUT2D eigenvalue weighted by atomic mass is 9.76. The highest BCUT2D eigenvalue weighted by atomic mass is 16.2. The molecule has 3 aliphatic heterocycles. The SMILES string of the molecule is CCc1cccc2c1NC(=O)[C@]21[NH2+][C@H](Cc2ccccc2)[C@H]2C(=O)NC(=O)[C@H]21. The summed E-state index contributed by atoms with van der Waals surface area (Å²) in [4.78, 5) is 38.8. The lowest BCUT2D eigenvalue weighted by Gasteiger charge is -2.24. The molecule has 0 radical (unpaired) electrons. The molecule has 3 amide bonds. The maximum atomic E-state index is 13.3. The van der Waals surface area contributed by atoms with Crippen LogP contribution in [0.5, 0.6) is 0 Å². The van der Waals surface area contributed by atoms with Crippen LogP contribution in [0.25, 0.3) is 0 Å². The summed E-state index contributed by atoms with van der Waals surface area (Å²) in [5.74, 6) is -2.01. The molecule has 28 heavy (non-hydrogen) atoms. The van der Waals surface area contributed by atoms with Gasteiger partial charge in [0.15, 0.2) is 0 Å². The van der Waals surface area contributed by atoms with Crippen LogP contribution >= 0.6 is 0 Å². The molecular weight excluding hydrogens is 354 g/mol. The van der Waals surface area contributed by atoms with Gasteiger partial charge < -0.3 is 10.6 Å². The summed E-state index contributed by atoms with van der Waals surface area (Å²) >= 11 is 0. The first-order valence-electron chi connectivity index (χ1n) is 9.74. The van der Waals surface area contributed by atoms with Crippen LogP contribution in [0.3, 0.4) is 0 Å². The van der Waals surface area contributed by atoms with Crippen LogP contribution in [0.4, 0.5) is 5.69 Å². The molecule has 0 bridgehead atoms. The van der Waals surface area contributed by atoms with E-state index in [4.69, 9.17) is 0 Å². The number of carbonyl (C=O) groups excluding carboxylic acids is 3. The van der Waals surface area contributed by atoms with Crippen molar-refractivity contribution in [1.29, 1.82) is 0 Å². The van der Waals surface area contributed by atoms with Crippen molar-refractivity contribution in [2.24, 2.45) is 11.8 Å². The predicted molar refractivity (Wildman–Crippen MR) is 102 cm³/mol. The molecule has 142 valence electrons. The normalized spacial score (nSPS) is 30.3. The monoisotopic (exact) mass is 376 g/mol. The number of anilines is 1. The number of benzene rings is 2. The maximum absolute atomic E-state index is 13.3. The second-order valence-electron chi connectivity index (χ2n) is 7.89. The molecule has 3 heterocycles. The average Bonchev–Trinajstić information content (AvgIpc) is 3.29. The van der Waals surface area contributed by atoms with E-state index in [9.17, 15) is 14.4 Å². The zero-order chi connectivity index (χ0) is 19.5. The standard InChI is InChI=1S/C22H21N3O3/c1-2-13-9-6-10-14-18(13)23-21(28)22(14)17-16(19(26)24-20(17)27)15(25-22)11-12-7-4-3-5-8-12/h3-10,15-17,25H,2,11H2,1H3,(H,23,28)(H,24,26,27)/p+1/t15-,16-,17+,22+/m1/s1. The summed E-state index contributed by atoms with van der Waals surface area (Å²) in [6.45, 7) is 2.04. The summed E-state index contributed by atoms with van der Waals surface area (Å²) in [5.41, 5.74) is 2.68. The lowest BCUT2D eigenvalue weighted by Crippen LogP contribution is -2.99. The molecule has 4 atom stereocenters. The van der Waals surface area contributed by atoms with Crippen LogP contribution in [0, 0.1) is 11.8 Å². The zero-order valence-electron chi connectivity index (χ0n) is 15.6. The van der Waals surface area contributed by atoms with Gasteiger partial charge in [0.05, 0.1) is 5.69 Å². The van der Waals surface area contributed by atoms with Crippen LogP contribution in [-0.2, 0) is 32.8 Å². The van der Waals surface area contributed by atoms with Gasteiger partial charge in [-0.05, 0) is 17.5 Å². The van der Waals surface area contributed by atoms with Gasteiger partial charge in [0.25, 0.3) is 5.91 Å². The molecule has 0 unspecified atom stereocenters. The zero-order valence-corrected chi connectivity index (χ0v) is 15.6. The Morgan fingerprint density at radius 3 is 2.50 bits per heavy atom. The molecule has 6 heteroatoms. The molecule has 2 aromatic carbocycles. The van der Waals surface area contributed by atoms with Gasteiger partial charge in [-0.25, -0.2) is 0 Å². The van der Waals surface area contributed by atoms with Gasteiger partial charge in [-0.15, -0.1) is 0 Å². The van der Waals surface area contributed by atoms with Crippen molar-refractivity contribution in [2.45, 2.75) is 31.3 Å². The number of hydrogen-bond donors (Lipinski definition) is 3. The number of aryl methyl sites for hydroxylation is 1. The molecule has 2 fully saturated rings. The molecule has 2 aromatic rings. The van der Waals surface area contributed by atoms with Crippen LogP contribution in [0.2, 0.25) is 0 Å². The topological polar surface area (TPSA) is 91.9 Å². The lowest BCUT2D eigenvalue weighted by molar-refractivity contribution is -0.733. The number of carbonyl (C=O) groups is 3. The Balaban J connectivity index is 1.64. The molecule has 6 nitrogen and oxygen atoms in total. The van der Waals surface area contributed by atoms with Crippen LogP contribution in [-0.4, -0.2) is 23.8 Å². The first-order valence-corrected chi connectivity index (χ1v) is 9.74. The van der Waals surface area contributed by atoms with E-state index in [1.165, 1.54) is 0 Å². The van der Waals surface area contributed by atoms with E-state index < -0.39 is 17.4 Å². The molecule has 0 aromatic heterocycles. The first kappa shape index (κ1) is 17.1. The molecule has 5 rings (SSSR count). The van der Waals surface area contributed by atoms with Crippen molar-refractivity contribution in [3.63, 3.8) is 0 Å². The summed E-state index contributed by atoms with van der Waals surface area (Å²) in [6, 6.07) is 15.6. The van der Waals surface area contributed by atoms with Gasteiger partial charge in [-0.1, -0.05) is 55.5 Å². The Hall–Kier alpha value is -2.99. The van der Waals surface area contributed by atoms with E-state index in [2.05, 4.69) is 10.6 Å². The van der Waals surface area contributed by atoms with Crippen molar-refractivity contribution in [1.82, 2.24) is 5.32 Å². The number of hydrogen-bond acceptors (Lipinski definition) is 3. The number of para-hydroxylation sites is 1. The molecule has 0 aliphatic carbocycles. The van der Waals surface area contributed by atoms with Crippen molar-refractivity contribution in [2.75, 3.05) is 5.32 Å². The summed E-state index contributed by atoms with van der Waals surface area (Å²) < 4.78 is 0. The average molecular weight is 376 g/mol. The smallest absolute Gasteiger partial charge is 0.291 e. The van der Waals surface area contributed by atoms with Crippen LogP contribution < -0.4 is 16.0 Å². The minimum absolute atomic E-state index is 0.180. The third-order valence-corrected chi connectivity index (χ3v) is 6.53. The summed E-state index contributed by atoms with van der Waals surface area (Å²) in [7, 11) is 0. The summed E-state index contributed by atoms with van der Waals surface area (Å²) in [6.07, 6.45) is 1.41. The first-order chi connectivity index (χ1) is 13.6. The fourth-order valence-corrected chi connectivity index (χ4v) is 5.35. The molecule has 3 aliphatic rings. The summed E-state index contributed by atoms with van der Waals surface area (Å²) in [5, 5.41) is 7.49. The third kappa shape index (κ3) is 2.15.